The molecule has 1 rings (SSSR count). The Bertz CT molecular complexity index is 262. The van der Waals surface area contributed by atoms with Gasteiger partial charge in [-0.15, -0.1) is 0 Å². The van der Waals surface area contributed by atoms with E-state index in [1.54, 1.807) is 12.0 Å². The lowest BCUT2D eigenvalue weighted by Crippen LogP contribution is -2.35. The molecule has 1 amide bonds. The highest BCUT2D eigenvalue weighted by Gasteiger charge is 2.29. The highest BCUT2D eigenvalue weighted by Crippen LogP contribution is 2.16. The Morgan fingerprint density at radius 3 is 2.22 bits per heavy atom. The Balaban J connectivity index is 0.000000631. The quantitative estimate of drug-likeness (QED) is 0.704. The fourth-order valence-corrected chi connectivity index (χ4v) is 1.41. The summed E-state index contributed by atoms with van der Waals surface area (Å²) in [5.74, 6) is 0. The van der Waals surface area contributed by atoms with Gasteiger partial charge in [0.1, 0.15) is 5.60 Å². The molecule has 18 heavy (non-hydrogen) atoms. The van der Waals surface area contributed by atoms with Crippen molar-refractivity contribution in [1.82, 2.24) is 4.90 Å². The van der Waals surface area contributed by atoms with Crippen LogP contribution in [0.5, 0.6) is 0 Å². The molecule has 0 aromatic rings. The van der Waals surface area contributed by atoms with E-state index < -0.39 is 5.60 Å². The van der Waals surface area contributed by atoms with Gasteiger partial charge in [-0.2, -0.15) is 0 Å². The van der Waals surface area contributed by atoms with Gasteiger partial charge in [0.15, 0.2) is 0 Å². The van der Waals surface area contributed by atoms with Crippen LogP contribution in [0.4, 0.5) is 4.79 Å². The van der Waals surface area contributed by atoms with Gasteiger partial charge in [-0.05, 0) is 27.2 Å². The van der Waals surface area contributed by atoms with E-state index in [0.717, 1.165) is 13.0 Å². The Hall–Kier alpha value is -1.30. The van der Waals surface area contributed by atoms with E-state index in [1.165, 1.54) is 7.11 Å². The molecule has 0 N–H and O–H groups in total. The maximum absolute atomic E-state index is 11.6. The molecule has 1 atom stereocenters. The summed E-state index contributed by atoms with van der Waals surface area (Å²) in [6.07, 6.45) is 0.829. The summed E-state index contributed by atoms with van der Waals surface area (Å²) in [6, 6.07) is 0. The number of carbonyl (C=O) groups is 2. The first-order valence-electron chi connectivity index (χ1n) is 5.81. The first kappa shape index (κ1) is 16.7. The first-order chi connectivity index (χ1) is 8.34. The van der Waals surface area contributed by atoms with E-state index in [0.29, 0.717) is 13.0 Å². The molecule has 6 nitrogen and oxygen atoms in total. The number of rotatable bonds is 2. The summed E-state index contributed by atoms with van der Waals surface area (Å²) in [5, 5.41) is 0. The van der Waals surface area contributed by atoms with Crippen LogP contribution in [0.3, 0.4) is 0 Å². The highest BCUT2D eigenvalue weighted by atomic mass is 16.6. The van der Waals surface area contributed by atoms with Crippen LogP contribution in [0.15, 0.2) is 0 Å². The number of nitrogens with zero attached hydrogens (tertiary/aromatic N) is 1. The molecule has 1 heterocycles. The number of ether oxygens (including phenoxy) is 3. The molecule has 1 unspecified atom stereocenters. The predicted molar refractivity (Wildman–Crippen MR) is 66.3 cm³/mol. The van der Waals surface area contributed by atoms with E-state index in [4.69, 9.17) is 14.3 Å². The van der Waals surface area contributed by atoms with E-state index in [9.17, 15) is 4.79 Å². The van der Waals surface area contributed by atoms with E-state index in [1.807, 2.05) is 20.8 Å². The van der Waals surface area contributed by atoms with Crippen molar-refractivity contribution in [3.8, 4) is 0 Å². The second-order valence-electron chi connectivity index (χ2n) is 4.90. The fourth-order valence-electron chi connectivity index (χ4n) is 1.41. The van der Waals surface area contributed by atoms with Crippen molar-refractivity contribution in [1.29, 1.82) is 0 Å². The van der Waals surface area contributed by atoms with Crippen molar-refractivity contribution >= 4 is 12.6 Å². The Labute approximate surface area is 108 Å². The van der Waals surface area contributed by atoms with Gasteiger partial charge in [-0.3, -0.25) is 4.79 Å². The van der Waals surface area contributed by atoms with Gasteiger partial charge in [-0.1, -0.05) is 0 Å². The first-order valence-corrected chi connectivity index (χ1v) is 5.81. The zero-order chi connectivity index (χ0) is 14.2. The average Bonchev–Trinajstić information content (AvgIpc) is 2.76. The number of methoxy groups -OCH3 is 2. The summed E-state index contributed by atoms with van der Waals surface area (Å²) in [7, 11) is 2.98. The van der Waals surface area contributed by atoms with Gasteiger partial charge >= 0.3 is 6.09 Å². The lowest BCUT2D eigenvalue weighted by molar-refractivity contribution is -0.126. The normalized spacial score (nSPS) is 18.7. The van der Waals surface area contributed by atoms with Crippen molar-refractivity contribution in [2.45, 2.75) is 38.9 Å². The molecule has 0 radical (unpaired) electrons. The maximum Gasteiger partial charge on any atom is 0.410 e. The smallest absolute Gasteiger partial charge is 0.410 e. The van der Waals surface area contributed by atoms with Crippen LogP contribution < -0.4 is 0 Å². The van der Waals surface area contributed by atoms with Gasteiger partial charge in [0.05, 0.1) is 19.8 Å². The molecule has 1 aliphatic heterocycles. The minimum Gasteiger partial charge on any atom is -0.471 e. The highest BCUT2D eigenvalue weighted by molar-refractivity contribution is 5.68. The number of carbonyl (C=O) groups excluding carboxylic acids is 2. The summed E-state index contributed by atoms with van der Waals surface area (Å²) < 4.78 is 14.3. The summed E-state index contributed by atoms with van der Waals surface area (Å²) in [4.78, 5) is 22.2. The second-order valence-corrected chi connectivity index (χ2v) is 4.90. The zero-order valence-corrected chi connectivity index (χ0v) is 11.8. The third-order valence-corrected chi connectivity index (χ3v) is 2.23. The Kier molecular flexibility index (Phi) is 7.35. The summed E-state index contributed by atoms with van der Waals surface area (Å²) >= 11 is 0. The molecule has 0 bridgehead atoms. The number of hydrogen-bond donors (Lipinski definition) is 0. The minimum absolute atomic E-state index is 0.169. The molecule has 0 aromatic heterocycles. The van der Waals surface area contributed by atoms with Gasteiger partial charge in [-0.25, -0.2) is 4.79 Å². The SMILES string of the molecule is COC1CCN(C(=O)OC(C)(C)C)C1.COC=O. The molecule has 1 fully saturated rings. The lowest BCUT2D eigenvalue weighted by Gasteiger charge is -2.24. The van der Waals surface area contributed by atoms with Crippen LogP contribution in [0.25, 0.3) is 0 Å². The van der Waals surface area contributed by atoms with Gasteiger partial charge in [0.25, 0.3) is 6.47 Å². The van der Waals surface area contributed by atoms with Crippen molar-refractivity contribution in [2.75, 3.05) is 27.3 Å². The van der Waals surface area contributed by atoms with Crippen molar-refractivity contribution < 1.29 is 23.8 Å². The van der Waals surface area contributed by atoms with Crippen molar-refractivity contribution in [3.05, 3.63) is 0 Å². The lowest BCUT2D eigenvalue weighted by atomic mass is 10.2. The average molecular weight is 261 g/mol. The van der Waals surface area contributed by atoms with Crippen molar-refractivity contribution in [2.24, 2.45) is 0 Å². The largest absolute Gasteiger partial charge is 0.471 e. The molecular formula is C12H23NO5. The van der Waals surface area contributed by atoms with Gasteiger partial charge < -0.3 is 19.1 Å². The zero-order valence-electron chi connectivity index (χ0n) is 11.8. The van der Waals surface area contributed by atoms with E-state index in [-0.39, 0.29) is 12.2 Å². The Morgan fingerprint density at radius 2 is 1.89 bits per heavy atom. The topological polar surface area (TPSA) is 65.1 Å². The van der Waals surface area contributed by atoms with Crippen LogP contribution >= 0.6 is 0 Å². The van der Waals surface area contributed by atoms with Crippen LogP contribution in [0.2, 0.25) is 0 Å². The maximum atomic E-state index is 11.6. The number of likely N-dealkylation sites (tertiary alicyclic amines) is 1. The molecule has 106 valence electrons. The standard InChI is InChI=1S/C10H19NO3.C2H4O2/c1-10(2,3)14-9(12)11-6-5-8(7-11)13-4;1-4-2-3/h8H,5-7H2,1-4H3;2H,1H3. The molecule has 1 saturated heterocycles. The van der Waals surface area contributed by atoms with E-state index in [2.05, 4.69) is 4.74 Å². The monoisotopic (exact) mass is 261 g/mol. The molecule has 0 spiro atoms. The third kappa shape index (κ3) is 7.11. The molecule has 0 aromatic carbocycles. The number of amides is 1. The molecule has 6 heteroatoms. The van der Waals surface area contributed by atoms with Crippen molar-refractivity contribution in [3.63, 3.8) is 0 Å². The van der Waals surface area contributed by atoms with E-state index >= 15 is 0 Å². The number of hydrogen-bond acceptors (Lipinski definition) is 5. The Morgan fingerprint density at radius 1 is 1.33 bits per heavy atom. The molecule has 0 saturated carbocycles. The third-order valence-electron chi connectivity index (χ3n) is 2.23. The molecule has 0 aliphatic carbocycles. The molecule has 1 aliphatic rings. The van der Waals surface area contributed by atoms with Crippen LogP contribution in [-0.4, -0.2) is 56.5 Å². The van der Waals surface area contributed by atoms with Crippen LogP contribution in [-0.2, 0) is 19.0 Å². The van der Waals surface area contributed by atoms with Crippen LogP contribution in [0.1, 0.15) is 27.2 Å². The summed E-state index contributed by atoms with van der Waals surface area (Å²) in [6.45, 7) is 7.36. The van der Waals surface area contributed by atoms with Gasteiger partial charge in [0, 0.05) is 13.7 Å². The second kappa shape index (κ2) is 7.92. The molecular weight excluding hydrogens is 238 g/mol. The van der Waals surface area contributed by atoms with Gasteiger partial charge in [0.2, 0.25) is 0 Å². The fraction of sp³-hybridized carbons (Fsp3) is 0.833. The predicted octanol–water partition coefficient (Wildman–Crippen LogP) is 1.43. The van der Waals surface area contributed by atoms with Crippen LogP contribution in [0, 0.1) is 0 Å². The summed E-state index contributed by atoms with van der Waals surface area (Å²) in [5.41, 5.74) is -0.414. The minimum atomic E-state index is -0.414.